The van der Waals surface area contributed by atoms with Gasteiger partial charge in [-0.3, -0.25) is 14.9 Å². The molecule has 11 heteroatoms. The van der Waals surface area contributed by atoms with E-state index < -0.39 is 11.0 Å². The number of aromatic nitrogens is 2. The molecule has 0 amide bonds. The average Bonchev–Trinajstić information content (AvgIpc) is 2.90. The first-order valence-corrected chi connectivity index (χ1v) is 10.4. The zero-order valence-corrected chi connectivity index (χ0v) is 18.5. The predicted octanol–water partition coefficient (Wildman–Crippen LogP) is 2.58. The maximum Gasteiger partial charge on any atom is 0.351 e. The Hall–Kier alpha value is -1.25. The summed E-state index contributed by atoms with van der Waals surface area (Å²) in [7, 11) is 2.19. The number of aliphatic hydroxyl groups excluding tert-OH is 1. The van der Waals surface area contributed by atoms with Gasteiger partial charge in [0.25, 0.3) is 5.88 Å². The van der Waals surface area contributed by atoms with Crippen molar-refractivity contribution in [2.45, 2.75) is 59.0 Å². The van der Waals surface area contributed by atoms with Crippen LogP contribution in [0.15, 0.2) is 0 Å². The van der Waals surface area contributed by atoms with Gasteiger partial charge >= 0.3 is 5.69 Å². The Bertz CT molecular complexity index is 732. The second kappa shape index (κ2) is 12.3. The van der Waals surface area contributed by atoms with Crippen LogP contribution in [0.2, 0.25) is 0 Å². The zero-order chi connectivity index (χ0) is 22.8. The molecule has 1 aromatic rings. The molecule has 2 rings (SSSR count). The van der Waals surface area contributed by atoms with Crippen LogP contribution >= 0.6 is 21.6 Å². The molecule has 1 aliphatic rings. The van der Waals surface area contributed by atoms with E-state index in [1.165, 1.54) is 6.92 Å². The third-order valence-corrected chi connectivity index (χ3v) is 4.61. The highest BCUT2D eigenvalue weighted by atomic mass is 32.1. The van der Waals surface area contributed by atoms with E-state index >= 15 is 0 Å². The molecule has 1 fully saturated rings. The number of Topliss-reactive ketones (excluding diaryl/α,β-unsaturated/α-hetero) is 1. The number of aryl methyl sites for hydroxylation is 2. The van der Waals surface area contributed by atoms with Crippen molar-refractivity contribution >= 4 is 39.3 Å². The summed E-state index contributed by atoms with van der Waals surface area (Å²) in [5.74, 6) is 0.0235. The number of hydrogen-bond acceptors (Lipinski definition) is 8. The molecule has 1 unspecified atom stereocenters. The van der Waals surface area contributed by atoms with E-state index in [9.17, 15) is 14.9 Å². The van der Waals surface area contributed by atoms with E-state index in [-0.39, 0.29) is 47.7 Å². The highest BCUT2D eigenvalue weighted by Gasteiger charge is 2.44. The summed E-state index contributed by atoms with van der Waals surface area (Å²) in [6, 6.07) is 0. The molecule has 0 bridgehead atoms. The van der Waals surface area contributed by atoms with Crippen molar-refractivity contribution in [1.82, 2.24) is 9.97 Å². The number of carbonyl (C=O) groups is 1. The number of ether oxygens (including phenoxy) is 1. The molecule has 0 spiro atoms. The minimum Gasteiger partial charge on any atom is -0.461 e. The van der Waals surface area contributed by atoms with Crippen molar-refractivity contribution < 1.29 is 19.6 Å². The summed E-state index contributed by atoms with van der Waals surface area (Å²) in [5, 5.41) is 15.7. The van der Waals surface area contributed by atoms with Gasteiger partial charge in [-0.1, -0.05) is 13.3 Å². The van der Waals surface area contributed by atoms with Gasteiger partial charge in [-0.05, 0) is 40.9 Å². The lowest BCUT2D eigenvalue weighted by Gasteiger charge is -2.19. The molecule has 156 valence electrons. The first-order valence-electron chi connectivity index (χ1n) is 10.2. The highest BCUT2D eigenvalue weighted by Crippen LogP contribution is 2.38. The van der Waals surface area contributed by atoms with Crippen LogP contribution in [0.3, 0.4) is 0 Å². The van der Waals surface area contributed by atoms with Gasteiger partial charge in [0.2, 0.25) is 7.67 Å². The Kier molecular flexibility index (Phi) is 9.46. The molecule has 1 N–H and O–H groups in total. The quantitative estimate of drug-likeness (QED) is 0.154. The lowest BCUT2D eigenvalue weighted by molar-refractivity contribution is -0.387. The summed E-state index contributed by atoms with van der Waals surface area (Å²) in [4.78, 5) is 31.7. The van der Waals surface area contributed by atoms with Gasteiger partial charge < -0.3 is 9.85 Å². The Morgan fingerprint density at radius 3 is 2.79 bits per heavy atom. The first kappa shape index (κ1) is 21.5. The van der Waals surface area contributed by atoms with E-state index in [4.69, 9.17) is 7.50 Å². The monoisotopic (exact) mass is 432 g/mol. The van der Waals surface area contributed by atoms with E-state index in [1.807, 2.05) is 6.92 Å². The number of rotatable bonds is 9. The molecule has 28 heavy (non-hydrogen) atoms. The highest BCUT2D eigenvalue weighted by molar-refractivity contribution is 8.20. The molecular weight excluding hydrogens is 400 g/mol. The number of aliphatic hydroxyl groups is 1. The number of carbonyl (C=O) groups excluding carboxylic acids is 1. The van der Waals surface area contributed by atoms with Crippen molar-refractivity contribution in [3.05, 3.63) is 21.6 Å². The number of ketones is 1. The third kappa shape index (κ3) is 6.67. The molecular formula is C17H29BN3O5PS. The van der Waals surface area contributed by atoms with Crippen LogP contribution in [0, 0.1) is 35.8 Å². The first-order chi connectivity index (χ1) is 14.1. The van der Waals surface area contributed by atoms with Gasteiger partial charge in [0.15, 0.2) is 11.9 Å². The van der Waals surface area contributed by atoms with Gasteiger partial charge in [-0.25, -0.2) is 17.5 Å². The van der Waals surface area contributed by atoms with Crippen LogP contribution in [-0.2, 0) is 4.79 Å². The maximum atomic E-state index is 12.8. The standard InChI is InChI=1S/C17H25N3O5.BH4PS/c1-4-6-13-9-12(7-5-8-21)15(22)16(13)25-17-14(20(23)24)10(2)18-11(3)19-17;2-1-3/h12-13,16,21H,4-9H2,1-3H3;1,3H,2H2/t12-,13-,16-;/m0./s1/i21T;1D. The number of thiol groups is 1. The van der Waals surface area contributed by atoms with Gasteiger partial charge in [-0.15, -0.1) is 0 Å². The van der Waals surface area contributed by atoms with Gasteiger partial charge in [0.05, 0.1) is 4.92 Å². The van der Waals surface area contributed by atoms with Gasteiger partial charge in [-0.2, -0.15) is 14.1 Å². The summed E-state index contributed by atoms with van der Waals surface area (Å²) in [6.45, 7) is 5.48. The number of nitro groups is 1. The smallest absolute Gasteiger partial charge is 0.351 e. The van der Waals surface area contributed by atoms with Crippen molar-refractivity contribution in [3.8, 4) is 5.88 Å². The van der Waals surface area contributed by atoms with Crippen LogP contribution in [-0.4, -0.2) is 47.5 Å². The predicted molar refractivity (Wildman–Crippen MR) is 116 cm³/mol. The van der Waals surface area contributed by atoms with E-state index in [2.05, 4.69) is 36.7 Å². The minimum absolute atomic E-state index is 0.00426. The Morgan fingerprint density at radius 1 is 1.54 bits per heavy atom. The third-order valence-electron chi connectivity index (χ3n) is 4.61. The Morgan fingerprint density at radius 2 is 2.21 bits per heavy atom. The van der Waals surface area contributed by atoms with E-state index in [1.54, 1.807) is 6.92 Å². The van der Waals surface area contributed by atoms with Crippen LogP contribution in [0.1, 0.15) is 50.5 Å². The summed E-state index contributed by atoms with van der Waals surface area (Å²) < 4.78 is 19.0. The minimum atomic E-state index is -0.732. The SMILES string of the molecule is [2H]B(P)S.[3H]OCCC[C@H]1C[C@H](CCC)[C@H](Oc2nc(C)nc(C)c2[N+](=O)[O-])C1=O. The Balaban J connectivity index is 0.00000103. The lowest BCUT2D eigenvalue weighted by atomic mass is 9.97. The molecule has 0 aromatic carbocycles. The fourth-order valence-corrected chi connectivity index (χ4v) is 3.54. The molecule has 1 aliphatic carbocycles. The molecule has 1 saturated carbocycles. The van der Waals surface area contributed by atoms with Crippen molar-refractivity contribution in [1.29, 1.82) is 2.77 Å². The Labute approximate surface area is 177 Å². The second-order valence-corrected chi connectivity index (χ2v) is 7.88. The van der Waals surface area contributed by atoms with Crippen molar-refractivity contribution in [2.75, 3.05) is 6.61 Å². The molecule has 8 nitrogen and oxygen atoms in total. The molecule has 1 heterocycles. The lowest BCUT2D eigenvalue weighted by Crippen LogP contribution is -2.31. The summed E-state index contributed by atoms with van der Waals surface area (Å²) in [5.41, 5.74) is -0.0659. The van der Waals surface area contributed by atoms with E-state index in [0.717, 1.165) is 12.8 Å². The molecule has 4 atom stereocenters. The fourth-order valence-electron chi connectivity index (χ4n) is 3.54. The van der Waals surface area contributed by atoms with Crippen LogP contribution in [0.4, 0.5) is 5.69 Å². The topological polar surface area (TPSA) is 115 Å². The summed E-state index contributed by atoms with van der Waals surface area (Å²) >= 11 is 3.60. The molecule has 0 saturated heterocycles. The fraction of sp³-hybridized carbons (Fsp3) is 0.706. The second-order valence-electron chi connectivity index (χ2n) is 6.68. The van der Waals surface area contributed by atoms with Crippen molar-refractivity contribution in [3.63, 3.8) is 0 Å². The average molecular weight is 432 g/mol. The molecule has 1 aromatic heterocycles. The molecule has 0 radical (unpaired) electrons. The maximum absolute atomic E-state index is 12.8. The zero-order valence-electron chi connectivity index (χ0n) is 18.5. The normalized spacial score (nSPS) is 22.0. The largest absolute Gasteiger partial charge is 0.461 e. The van der Waals surface area contributed by atoms with Gasteiger partial charge in [0.1, 0.15) is 11.5 Å². The summed E-state index contributed by atoms with van der Waals surface area (Å²) in [6.07, 6.45) is 2.60. The number of nitrogens with zero attached hydrogens (tertiary/aromatic N) is 3. The molecule has 0 aliphatic heterocycles. The van der Waals surface area contributed by atoms with Crippen LogP contribution in [0.25, 0.3) is 0 Å². The number of hydrogen-bond donors (Lipinski definition) is 2. The van der Waals surface area contributed by atoms with Crippen molar-refractivity contribution in [2.24, 2.45) is 11.8 Å². The van der Waals surface area contributed by atoms with Gasteiger partial charge in [0, 0.05) is 18.4 Å². The van der Waals surface area contributed by atoms with E-state index in [0.29, 0.717) is 25.1 Å². The van der Waals surface area contributed by atoms with Crippen LogP contribution in [0.5, 0.6) is 5.88 Å². The van der Waals surface area contributed by atoms with Crippen LogP contribution < -0.4 is 4.74 Å².